The van der Waals surface area contributed by atoms with Crippen molar-refractivity contribution in [1.82, 2.24) is 0 Å². The van der Waals surface area contributed by atoms with Gasteiger partial charge in [-0.05, 0) is 18.2 Å². The van der Waals surface area contributed by atoms with Crippen LogP contribution in [-0.4, -0.2) is 10.7 Å². The second kappa shape index (κ2) is 7.86. The minimum absolute atomic E-state index is 0.0205. The van der Waals surface area contributed by atoms with Crippen LogP contribution in [0.2, 0.25) is 0 Å². The predicted molar refractivity (Wildman–Crippen MR) is 110 cm³/mol. The van der Waals surface area contributed by atoms with Crippen molar-refractivity contribution in [2.45, 2.75) is 0 Å². The third-order valence-electron chi connectivity index (χ3n) is 4.65. The van der Waals surface area contributed by atoms with Gasteiger partial charge in [-0.3, -0.25) is 14.9 Å². The minimum Gasteiger partial charge on any atom is -0.288 e. The van der Waals surface area contributed by atoms with Crippen LogP contribution in [0.25, 0.3) is 16.9 Å². The number of carbonyl (C=O) groups is 1. The number of carbonyl (C=O) groups excluding carboxylic acids is 1. The molecule has 0 aliphatic rings. The van der Waals surface area contributed by atoms with E-state index in [-0.39, 0.29) is 11.5 Å². The van der Waals surface area contributed by atoms with Gasteiger partial charge in [0.1, 0.15) is 0 Å². The Bertz CT molecular complexity index is 1170. The minimum atomic E-state index is -0.429. The van der Waals surface area contributed by atoms with E-state index in [1.807, 2.05) is 59.2 Å². The molecule has 29 heavy (non-hydrogen) atoms. The van der Waals surface area contributed by atoms with Gasteiger partial charge < -0.3 is 0 Å². The summed E-state index contributed by atoms with van der Waals surface area (Å²) in [5, 5.41) is 11.0. The normalized spacial score (nSPS) is 10.5. The summed E-state index contributed by atoms with van der Waals surface area (Å²) in [5.41, 5.74) is 3.75. The molecule has 4 aromatic rings. The molecule has 0 amide bonds. The maximum Gasteiger partial charge on any atom is 0.269 e. The summed E-state index contributed by atoms with van der Waals surface area (Å²) < 4.78 is 1.88. The fraction of sp³-hybridized carbons (Fsp3) is 0. The molecule has 1 aromatic heterocycles. The zero-order valence-electron chi connectivity index (χ0n) is 15.4. The molecule has 0 N–H and O–H groups in total. The Kier molecular flexibility index (Phi) is 4.95. The molecule has 0 saturated carbocycles. The number of ketones is 1. The Morgan fingerprint density at radius 1 is 0.724 bits per heavy atom. The van der Waals surface area contributed by atoms with E-state index in [9.17, 15) is 14.9 Å². The molecular formula is C24H17N2O3+. The van der Waals surface area contributed by atoms with Crippen molar-refractivity contribution in [1.29, 1.82) is 0 Å². The molecule has 0 atom stereocenters. The highest BCUT2D eigenvalue weighted by molar-refractivity contribution is 6.08. The standard InChI is InChI=1S/C24H17N2O3/c27-24(19-9-5-2-6-10-19)20-11-16-23(18-7-3-1-4-8-18)25(17-20)21-12-14-22(15-13-21)26(28)29/h1-17H/q+1. The predicted octanol–water partition coefficient (Wildman–Crippen LogP) is 4.77. The molecule has 3 aromatic carbocycles. The topological polar surface area (TPSA) is 64.1 Å². The Balaban J connectivity index is 1.85. The number of pyridine rings is 1. The first-order valence-corrected chi connectivity index (χ1v) is 9.09. The molecule has 5 heteroatoms. The van der Waals surface area contributed by atoms with E-state index in [1.54, 1.807) is 36.5 Å². The van der Waals surface area contributed by atoms with E-state index < -0.39 is 4.92 Å². The number of non-ortho nitro benzene ring substituents is 1. The maximum absolute atomic E-state index is 12.9. The highest BCUT2D eigenvalue weighted by atomic mass is 16.6. The van der Waals surface area contributed by atoms with E-state index in [4.69, 9.17) is 0 Å². The number of hydrogen-bond acceptors (Lipinski definition) is 3. The van der Waals surface area contributed by atoms with Crippen LogP contribution < -0.4 is 4.57 Å². The average Bonchev–Trinajstić information content (AvgIpc) is 2.79. The molecule has 0 bridgehead atoms. The van der Waals surface area contributed by atoms with Crippen molar-refractivity contribution in [2.75, 3.05) is 0 Å². The van der Waals surface area contributed by atoms with Crippen LogP contribution in [0.3, 0.4) is 0 Å². The van der Waals surface area contributed by atoms with E-state index in [0.29, 0.717) is 11.1 Å². The summed E-state index contributed by atoms with van der Waals surface area (Å²) in [5.74, 6) is -0.0825. The Morgan fingerprint density at radius 2 is 1.34 bits per heavy atom. The monoisotopic (exact) mass is 381 g/mol. The summed E-state index contributed by atoms with van der Waals surface area (Å²) >= 11 is 0. The number of hydrogen-bond donors (Lipinski definition) is 0. The van der Waals surface area contributed by atoms with Gasteiger partial charge in [0.15, 0.2) is 12.0 Å². The molecule has 1 heterocycles. The number of nitrogens with zero attached hydrogens (tertiary/aromatic N) is 2. The van der Waals surface area contributed by atoms with E-state index >= 15 is 0 Å². The van der Waals surface area contributed by atoms with Crippen molar-refractivity contribution in [3.8, 4) is 16.9 Å². The lowest BCUT2D eigenvalue weighted by molar-refractivity contribution is -0.584. The lowest BCUT2D eigenvalue weighted by Gasteiger charge is -2.06. The van der Waals surface area contributed by atoms with Gasteiger partial charge in [0, 0.05) is 41.5 Å². The van der Waals surface area contributed by atoms with Crippen LogP contribution in [0.4, 0.5) is 5.69 Å². The lowest BCUT2D eigenvalue weighted by atomic mass is 10.0. The molecule has 4 rings (SSSR count). The highest BCUT2D eigenvalue weighted by Gasteiger charge is 2.21. The van der Waals surface area contributed by atoms with Crippen LogP contribution in [0.5, 0.6) is 0 Å². The van der Waals surface area contributed by atoms with Gasteiger partial charge in [-0.15, -0.1) is 0 Å². The lowest BCUT2D eigenvalue weighted by Crippen LogP contribution is -2.34. The van der Waals surface area contributed by atoms with Crippen LogP contribution in [0.1, 0.15) is 15.9 Å². The van der Waals surface area contributed by atoms with Crippen LogP contribution in [0.15, 0.2) is 103 Å². The second-order valence-electron chi connectivity index (χ2n) is 6.51. The van der Waals surface area contributed by atoms with Gasteiger partial charge in [-0.25, -0.2) is 0 Å². The number of benzene rings is 3. The van der Waals surface area contributed by atoms with E-state index in [1.165, 1.54) is 12.1 Å². The fourth-order valence-electron chi connectivity index (χ4n) is 3.18. The molecule has 0 radical (unpaired) electrons. The smallest absolute Gasteiger partial charge is 0.269 e. The largest absolute Gasteiger partial charge is 0.288 e. The van der Waals surface area contributed by atoms with Gasteiger partial charge in [-0.1, -0.05) is 48.5 Å². The molecule has 5 nitrogen and oxygen atoms in total. The zero-order chi connectivity index (χ0) is 20.2. The van der Waals surface area contributed by atoms with Crippen LogP contribution in [0, 0.1) is 10.1 Å². The first-order valence-electron chi connectivity index (χ1n) is 9.09. The summed E-state index contributed by atoms with van der Waals surface area (Å²) in [7, 11) is 0. The molecule has 0 fully saturated rings. The first-order chi connectivity index (χ1) is 14.1. The zero-order valence-corrected chi connectivity index (χ0v) is 15.4. The van der Waals surface area contributed by atoms with Gasteiger partial charge >= 0.3 is 0 Å². The SMILES string of the molecule is O=C(c1ccccc1)c1ccc(-c2ccccc2)[n+](-c2ccc([N+](=O)[O-])cc2)c1. The van der Waals surface area contributed by atoms with Gasteiger partial charge in [-0.2, -0.15) is 4.57 Å². The van der Waals surface area contributed by atoms with Crippen molar-refractivity contribution in [3.05, 3.63) is 124 Å². The Hall–Kier alpha value is -4.12. The first kappa shape index (κ1) is 18.3. The van der Waals surface area contributed by atoms with Crippen molar-refractivity contribution >= 4 is 11.5 Å². The molecular weight excluding hydrogens is 364 g/mol. The number of aromatic nitrogens is 1. The van der Waals surface area contributed by atoms with Gasteiger partial charge in [0.25, 0.3) is 5.69 Å². The number of rotatable bonds is 5. The molecule has 0 spiro atoms. The van der Waals surface area contributed by atoms with Crippen molar-refractivity contribution in [2.24, 2.45) is 0 Å². The quantitative estimate of drug-likeness (QED) is 0.216. The van der Waals surface area contributed by atoms with Crippen LogP contribution in [-0.2, 0) is 0 Å². The highest BCUT2D eigenvalue weighted by Crippen LogP contribution is 2.20. The summed E-state index contributed by atoms with van der Waals surface area (Å²) in [6, 6.07) is 28.9. The van der Waals surface area contributed by atoms with E-state index in [0.717, 1.165) is 16.9 Å². The summed E-state index contributed by atoms with van der Waals surface area (Å²) in [6.45, 7) is 0. The molecule has 0 unspecified atom stereocenters. The van der Waals surface area contributed by atoms with Crippen molar-refractivity contribution < 1.29 is 14.3 Å². The van der Waals surface area contributed by atoms with Crippen LogP contribution >= 0.6 is 0 Å². The third kappa shape index (κ3) is 3.80. The Labute approximate surface area is 167 Å². The Morgan fingerprint density at radius 3 is 1.97 bits per heavy atom. The molecule has 0 aliphatic heterocycles. The van der Waals surface area contributed by atoms with E-state index in [2.05, 4.69) is 0 Å². The molecule has 0 aliphatic carbocycles. The summed E-state index contributed by atoms with van der Waals surface area (Å²) in [6.07, 6.45) is 1.78. The third-order valence-corrected chi connectivity index (χ3v) is 4.65. The summed E-state index contributed by atoms with van der Waals surface area (Å²) in [4.78, 5) is 23.5. The van der Waals surface area contributed by atoms with Gasteiger partial charge in [0.2, 0.25) is 11.4 Å². The maximum atomic E-state index is 12.9. The fourth-order valence-corrected chi connectivity index (χ4v) is 3.18. The van der Waals surface area contributed by atoms with Crippen molar-refractivity contribution in [3.63, 3.8) is 0 Å². The number of nitro groups is 1. The average molecular weight is 381 g/mol. The van der Waals surface area contributed by atoms with Gasteiger partial charge in [0.05, 0.1) is 10.5 Å². The molecule has 140 valence electrons. The second-order valence-corrected chi connectivity index (χ2v) is 6.51. The number of nitro benzene ring substituents is 1. The molecule has 0 saturated heterocycles.